The van der Waals surface area contributed by atoms with Gasteiger partial charge in [0.25, 0.3) is 11.8 Å². The molecule has 2 aromatic carbocycles. The minimum absolute atomic E-state index is 0.150. The Hall–Kier alpha value is -2.61. The maximum atomic E-state index is 12.5. The predicted octanol–water partition coefficient (Wildman–Crippen LogP) is 4.05. The van der Waals surface area contributed by atoms with Gasteiger partial charge in [-0.2, -0.15) is 0 Å². The fraction of sp³-hybridized carbons (Fsp3) is 0.400. The number of benzene rings is 2. The van der Waals surface area contributed by atoms with E-state index in [0.717, 1.165) is 51.1 Å². The number of unbranched alkanes of at least 4 members (excludes halogenated alkanes) is 1. The zero-order valence-corrected chi connectivity index (χ0v) is 19.2. The van der Waals surface area contributed by atoms with Gasteiger partial charge >= 0.3 is 0 Å². The van der Waals surface area contributed by atoms with E-state index in [4.69, 9.17) is 4.98 Å². The molecule has 0 unspecified atom stereocenters. The van der Waals surface area contributed by atoms with Crippen LogP contribution in [-0.2, 0) is 0 Å². The topological polar surface area (TPSA) is 56.8 Å². The number of carbonyl (C=O) groups excluding carboxylic acids is 2. The molecule has 0 aliphatic carbocycles. The largest absolute Gasteiger partial charge is 0.301 e. The van der Waals surface area contributed by atoms with Gasteiger partial charge in [-0.15, -0.1) is 11.3 Å². The number of imide groups is 1. The summed E-state index contributed by atoms with van der Waals surface area (Å²) in [5.74, 6) is -0.300. The number of fused-ring (bicyclic) bond motifs is 2. The van der Waals surface area contributed by atoms with Crippen molar-refractivity contribution in [3.63, 3.8) is 0 Å². The lowest BCUT2D eigenvalue weighted by Gasteiger charge is -2.37. The van der Waals surface area contributed by atoms with Gasteiger partial charge < -0.3 is 4.90 Å². The summed E-state index contributed by atoms with van der Waals surface area (Å²) < 4.78 is 1.26. The second kappa shape index (κ2) is 9.10. The van der Waals surface area contributed by atoms with E-state index in [1.807, 2.05) is 18.2 Å². The molecule has 6 nitrogen and oxygen atoms in total. The molecule has 5 rings (SSSR count). The van der Waals surface area contributed by atoms with E-state index in [2.05, 4.69) is 34.9 Å². The molecule has 0 spiro atoms. The summed E-state index contributed by atoms with van der Waals surface area (Å²) >= 11 is 1.80. The summed E-state index contributed by atoms with van der Waals surface area (Å²) in [7, 11) is 0. The maximum Gasteiger partial charge on any atom is 0.261 e. The molecule has 1 atom stereocenters. The van der Waals surface area contributed by atoms with Crippen molar-refractivity contribution >= 4 is 33.4 Å². The van der Waals surface area contributed by atoms with Crippen molar-refractivity contribution < 1.29 is 9.59 Å². The van der Waals surface area contributed by atoms with Crippen molar-refractivity contribution in [1.29, 1.82) is 0 Å². The molecule has 7 heteroatoms. The standard InChI is InChI=1S/C25H28N4O2S/c1-18(23-26-21-10-4-5-11-22(21)32-23)28-16-14-27(15-17-28)12-6-7-13-29-24(30)19-8-2-3-9-20(19)25(29)31/h2-5,8-11,18H,6-7,12-17H2,1H3/t18-/m0/s1. The molecule has 3 heterocycles. The average Bonchev–Trinajstić information content (AvgIpc) is 3.37. The van der Waals surface area contributed by atoms with E-state index >= 15 is 0 Å². The fourth-order valence-electron chi connectivity index (χ4n) is 4.65. The lowest BCUT2D eigenvalue weighted by atomic mass is 10.1. The Bertz CT molecular complexity index is 1070. The third kappa shape index (κ3) is 4.08. The van der Waals surface area contributed by atoms with E-state index in [0.29, 0.717) is 23.7 Å². The summed E-state index contributed by atoms with van der Waals surface area (Å²) in [4.78, 5) is 36.2. The van der Waals surface area contributed by atoms with Gasteiger partial charge in [-0.1, -0.05) is 24.3 Å². The zero-order valence-electron chi connectivity index (χ0n) is 18.4. The maximum absolute atomic E-state index is 12.5. The van der Waals surface area contributed by atoms with Crippen LogP contribution in [0.1, 0.15) is 51.5 Å². The molecule has 2 aliphatic heterocycles. The first-order valence-electron chi connectivity index (χ1n) is 11.4. The van der Waals surface area contributed by atoms with Gasteiger partial charge in [0.1, 0.15) is 5.01 Å². The van der Waals surface area contributed by atoms with E-state index in [1.54, 1.807) is 23.5 Å². The number of aromatic nitrogens is 1. The molecular weight excluding hydrogens is 420 g/mol. The second-order valence-electron chi connectivity index (χ2n) is 8.59. The van der Waals surface area contributed by atoms with Crippen LogP contribution < -0.4 is 0 Å². The molecule has 0 saturated carbocycles. The number of thiazole rings is 1. The molecule has 3 aromatic rings. The summed E-state index contributed by atoms with van der Waals surface area (Å²) in [5.41, 5.74) is 2.17. The number of carbonyl (C=O) groups is 2. The Morgan fingerprint density at radius 1 is 0.875 bits per heavy atom. The molecule has 2 aliphatic rings. The Morgan fingerprint density at radius 2 is 1.50 bits per heavy atom. The molecule has 1 aromatic heterocycles. The predicted molar refractivity (Wildman–Crippen MR) is 127 cm³/mol. The molecule has 1 saturated heterocycles. The van der Waals surface area contributed by atoms with Crippen LogP contribution in [0.3, 0.4) is 0 Å². The number of nitrogens with zero attached hydrogens (tertiary/aromatic N) is 4. The van der Waals surface area contributed by atoms with E-state index < -0.39 is 0 Å². The smallest absolute Gasteiger partial charge is 0.261 e. The number of hydrogen-bond acceptors (Lipinski definition) is 6. The van der Waals surface area contributed by atoms with Gasteiger partial charge in [0, 0.05) is 32.7 Å². The van der Waals surface area contributed by atoms with E-state index in [9.17, 15) is 9.59 Å². The van der Waals surface area contributed by atoms with Crippen LogP contribution >= 0.6 is 11.3 Å². The highest BCUT2D eigenvalue weighted by atomic mass is 32.1. The van der Waals surface area contributed by atoms with Gasteiger partial charge in [0.15, 0.2) is 0 Å². The van der Waals surface area contributed by atoms with E-state index in [-0.39, 0.29) is 11.8 Å². The quantitative estimate of drug-likeness (QED) is 0.403. The Balaban J connectivity index is 1.06. The van der Waals surface area contributed by atoms with Crippen LogP contribution in [0.25, 0.3) is 10.2 Å². The molecule has 0 N–H and O–H groups in total. The summed E-state index contributed by atoms with van der Waals surface area (Å²) in [6.07, 6.45) is 1.83. The SMILES string of the molecule is C[C@@H](c1nc2ccccc2s1)N1CCN(CCCCN2C(=O)c3ccccc3C2=O)CC1. The van der Waals surface area contributed by atoms with Crippen LogP contribution in [-0.4, -0.2) is 70.8 Å². The van der Waals surface area contributed by atoms with Gasteiger partial charge in [-0.25, -0.2) is 4.98 Å². The van der Waals surface area contributed by atoms with Crippen LogP contribution in [0.4, 0.5) is 0 Å². The molecule has 2 amide bonds. The van der Waals surface area contributed by atoms with Crippen LogP contribution in [0, 0.1) is 0 Å². The number of rotatable bonds is 7. The lowest BCUT2D eigenvalue weighted by Crippen LogP contribution is -2.47. The van der Waals surface area contributed by atoms with Crippen LogP contribution in [0.5, 0.6) is 0 Å². The zero-order chi connectivity index (χ0) is 22.1. The molecular formula is C25H28N4O2S. The van der Waals surface area contributed by atoms with Crippen molar-refractivity contribution in [1.82, 2.24) is 19.7 Å². The van der Waals surface area contributed by atoms with Gasteiger partial charge in [-0.05, 0) is 50.6 Å². The van der Waals surface area contributed by atoms with Gasteiger partial charge in [0.05, 0.1) is 27.4 Å². The first-order valence-corrected chi connectivity index (χ1v) is 12.2. The Morgan fingerprint density at radius 3 is 2.19 bits per heavy atom. The van der Waals surface area contributed by atoms with Gasteiger partial charge in [0.2, 0.25) is 0 Å². The fourth-order valence-corrected chi connectivity index (χ4v) is 5.70. The minimum atomic E-state index is -0.150. The average molecular weight is 449 g/mol. The Labute approximate surface area is 192 Å². The highest BCUT2D eigenvalue weighted by molar-refractivity contribution is 7.18. The number of piperazine rings is 1. The van der Waals surface area contributed by atoms with Crippen LogP contribution in [0.2, 0.25) is 0 Å². The summed E-state index contributed by atoms with van der Waals surface area (Å²) in [5, 5.41) is 1.19. The molecule has 0 bridgehead atoms. The van der Waals surface area contributed by atoms with Crippen molar-refractivity contribution in [3.05, 3.63) is 64.7 Å². The monoisotopic (exact) mass is 448 g/mol. The number of para-hydroxylation sites is 1. The highest BCUT2D eigenvalue weighted by Gasteiger charge is 2.34. The third-order valence-corrected chi connectivity index (χ3v) is 7.81. The van der Waals surface area contributed by atoms with Crippen molar-refractivity contribution in [2.45, 2.75) is 25.8 Å². The molecule has 32 heavy (non-hydrogen) atoms. The summed E-state index contributed by atoms with van der Waals surface area (Å²) in [6, 6.07) is 15.8. The first kappa shape index (κ1) is 21.2. The Kier molecular flexibility index (Phi) is 6.04. The molecule has 0 radical (unpaired) electrons. The first-order chi connectivity index (χ1) is 15.6. The third-order valence-electron chi connectivity index (χ3n) is 6.61. The van der Waals surface area contributed by atoms with Crippen molar-refractivity contribution in [2.75, 3.05) is 39.3 Å². The van der Waals surface area contributed by atoms with Crippen molar-refractivity contribution in [3.8, 4) is 0 Å². The van der Waals surface area contributed by atoms with Crippen molar-refractivity contribution in [2.24, 2.45) is 0 Å². The molecule has 1 fully saturated rings. The van der Waals surface area contributed by atoms with Crippen LogP contribution in [0.15, 0.2) is 48.5 Å². The summed E-state index contributed by atoms with van der Waals surface area (Å²) in [6.45, 7) is 7.93. The van der Waals surface area contributed by atoms with Gasteiger partial charge in [-0.3, -0.25) is 19.4 Å². The number of hydrogen-bond donors (Lipinski definition) is 0. The second-order valence-corrected chi connectivity index (χ2v) is 9.65. The highest BCUT2D eigenvalue weighted by Crippen LogP contribution is 2.30. The normalized spacial score (nSPS) is 18.5. The number of amides is 2. The molecule has 166 valence electrons. The minimum Gasteiger partial charge on any atom is -0.301 e. The lowest BCUT2D eigenvalue weighted by molar-refractivity contribution is 0.0647. The van der Waals surface area contributed by atoms with E-state index in [1.165, 1.54) is 14.6 Å².